The minimum absolute atomic E-state index is 0.0954. The molecule has 2 heterocycles. The second-order valence-corrected chi connectivity index (χ2v) is 5.93. The Kier molecular flexibility index (Phi) is 3.40. The molecule has 0 unspecified atom stereocenters. The average molecular weight is 271 g/mol. The Morgan fingerprint density at radius 3 is 2.63 bits per heavy atom. The third-order valence-electron chi connectivity index (χ3n) is 3.43. The average Bonchev–Trinajstić information content (AvgIpc) is 3.04. The zero-order chi connectivity index (χ0) is 13.2. The highest BCUT2D eigenvalue weighted by Gasteiger charge is 2.08. The van der Waals surface area contributed by atoms with Crippen molar-refractivity contribution in [3.05, 3.63) is 57.9 Å². The van der Waals surface area contributed by atoms with E-state index in [0.717, 1.165) is 23.9 Å². The van der Waals surface area contributed by atoms with Gasteiger partial charge in [0.15, 0.2) is 0 Å². The monoisotopic (exact) mass is 271 g/mol. The Balaban J connectivity index is 2.00. The zero-order valence-corrected chi connectivity index (χ0v) is 11.8. The first kappa shape index (κ1) is 12.5. The number of aromatic nitrogens is 1. The molecular formula is C16H17NOS. The van der Waals surface area contributed by atoms with E-state index in [1.807, 2.05) is 23.5 Å². The number of rotatable bonds is 4. The normalized spacial score (nSPS) is 11.3. The molecule has 19 heavy (non-hydrogen) atoms. The molecule has 0 saturated carbocycles. The first-order valence-electron chi connectivity index (χ1n) is 6.57. The maximum Gasteiger partial charge on any atom is 0.0702 e. The van der Waals surface area contributed by atoms with Gasteiger partial charge >= 0.3 is 0 Å². The number of aliphatic hydroxyl groups excluding tert-OH is 1. The zero-order valence-electron chi connectivity index (χ0n) is 11.0. The smallest absolute Gasteiger partial charge is 0.0702 e. The van der Waals surface area contributed by atoms with Gasteiger partial charge in [0, 0.05) is 32.4 Å². The molecule has 0 aliphatic carbocycles. The number of aliphatic hydroxyl groups is 1. The fourth-order valence-corrected chi connectivity index (χ4v) is 3.40. The maximum absolute atomic E-state index is 9.45. The van der Waals surface area contributed by atoms with Gasteiger partial charge in [-0.1, -0.05) is 25.1 Å². The Labute approximate surface area is 116 Å². The van der Waals surface area contributed by atoms with Crippen LogP contribution in [0.4, 0.5) is 0 Å². The fraction of sp³-hybridized carbons (Fsp3) is 0.250. The topological polar surface area (TPSA) is 25.2 Å². The highest BCUT2D eigenvalue weighted by Crippen LogP contribution is 2.24. The van der Waals surface area contributed by atoms with E-state index in [1.54, 1.807) is 0 Å². The van der Waals surface area contributed by atoms with E-state index < -0.39 is 0 Å². The number of aryl methyl sites for hydroxylation is 1. The van der Waals surface area contributed by atoms with Gasteiger partial charge in [0.25, 0.3) is 0 Å². The lowest BCUT2D eigenvalue weighted by molar-refractivity contribution is 0.283. The first-order valence-corrected chi connectivity index (χ1v) is 7.38. The minimum Gasteiger partial charge on any atom is -0.392 e. The fourth-order valence-electron chi connectivity index (χ4n) is 2.44. The Morgan fingerprint density at radius 1 is 1.11 bits per heavy atom. The number of thiophene rings is 1. The summed E-state index contributed by atoms with van der Waals surface area (Å²) in [5.41, 5.74) is 2.20. The Bertz CT molecular complexity index is 696. The summed E-state index contributed by atoms with van der Waals surface area (Å²) in [4.78, 5) is 2.79. The third-order valence-corrected chi connectivity index (χ3v) is 4.65. The standard InChI is InChI=1S/C16H17NOS/c1-2-13-7-8-14(19-13)10-17-9-12(11-18)15-5-3-4-6-16(15)17/h3-9,18H,2,10-11H2,1H3. The summed E-state index contributed by atoms with van der Waals surface area (Å²) in [5, 5.41) is 10.6. The molecule has 0 amide bonds. The highest BCUT2D eigenvalue weighted by molar-refractivity contribution is 7.11. The summed E-state index contributed by atoms with van der Waals surface area (Å²) in [7, 11) is 0. The summed E-state index contributed by atoms with van der Waals surface area (Å²) in [6.07, 6.45) is 3.16. The molecule has 3 aromatic rings. The number of nitrogens with zero attached hydrogens (tertiary/aromatic N) is 1. The molecule has 98 valence electrons. The quantitative estimate of drug-likeness (QED) is 0.767. The van der Waals surface area contributed by atoms with Gasteiger partial charge in [-0.3, -0.25) is 0 Å². The van der Waals surface area contributed by atoms with Crippen LogP contribution >= 0.6 is 11.3 Å². The molecular weight excluding hydrogens is 254 g/mol. The SMILES string of the molecule is CCc1ccc(Cn2cc(CO)c3ccccc32)s1. The molecule has 2 nitrogen and oxygen atoms in total. The van der Waals surface area contributed by atoms with Crippen LogP contribution in [0.1, 0.15) is 22.2 Å². The summed E-state index contributed by atoms with van der Waals surface area (Å²) < 4.78 is 2.23. The van der Waals surface area contributed by atoms with Crippen molar-refractivity contribution in [3.8, 4) is 0 Å². The van der Waals surface area contributed by atoms with E-state index in [9.17, 15) is 5.11 Å². The second kappa shape index (κ2) is 5.19. The van der Waals surface area contributed by atoms with Crippen molar-refractivity contribution < 1.29 is 5.11 Å². The molecule has 0 radical (unpaired) electrons. The van der Waals surface area contributed by atoms with Crippen LogP contribution in [0.2, 0.25) is 0 Å². The van der Waals surface area contributed by atoms with Crippen LogP contribution < -0.4 is 0 Å². The van der Waals surface area contributed by atoms with Crippen molar-refractivity contribution in [2.45, 2.75) is 26.5 Å². The summed E-state index contributed by atoms with van der Waals surface area (Å²) in [6.45, 7) is 3.16. The molecule has 3 heteroatoms. The van der Waals surface area contributed by atoms with Gasteiger partial charge in [-0.05, 0) is 24.6 Å². The van der Waals surface area contributed by atoms with E-state index in [-0.39, 0.29) is 6.61 Å². The van der Waals surface area contributed by atoms with Crippen LogP contribution in [-0.2, 0) is 19.6 Å². The van der Waals surface area contributed by atoms with Crippen LogP contribution in [0.25, 0.3) is 10.9 Å². The predicted octanol–water partition coefficient (Wildman–Crippen LogP) is 3.81. The largest absolute Gasteiger partial charge is 0.392 e. The van der Waals surface area contributed by atoms with Crippen LogP contribution in [-0.4, -0.2) is 9.67 Å². The summed E-state index contributed by atoms with van der Waals surface area (Å²) in [6, 6.07) is 12.7. The van der Waals surface area contributed by atoms with Gasteiger partial charge in [0.1, 0.15) is 0 Å². The number of hydrogen-bond acceptors (Lipinski definition) is 2. The lowest BCUT2D eigenvalue weighted by Crippen LogP contribution is -1.95. The van der Waals surface area contributed by atoms with E-state index in [1.165, 1.54) is 15.3 Å². The molecule has 0 bridgehead atoms. The van der Waals surface area contributed by atoms with Crippen LogP contribution in [0.15, 0.2) is 42.6 Å². The molecule has 0 spiro atoms. The van der Waals surface area contributed by atoms with Crippen LogP contribution in [0.3, 0.4) is 0 Å². The maximum atomic E-state index is 9.45. The van der Waals surface area contributed by atoms with Crippen LogP contribution in [0.5, 0.6) is 0 Å². The van der Waals surface area contributed by atoms with Gasteiger partial charge in [-0.25, -0.2) is 0 Å². The molecule has 2 aromatic heterocycles. The van der Waals surface area contributed by atoms with E-state index >= 15 is 0 Å². The van der Waals surface area contributed by atoms with Gasteiger partial charge in [-0.15, -0.1) is 11.3 Å². The van der Waals surface area contributed by atoms with Gasteiger partial charge < -0.3 is 9.67 Å². The minimum atomic E-state index is 0.0954. The molecule has 0 atom stereocenters. The van der Waals surface area contributed by atoms with Gasteiger partial charge in [0.2, 0.25) is 0 Å². The van der Waals surface area contributed by atoms with E-state index in [0.29, 0.717) is 0 Å². The second-order valence-electron chi connectivity index (χ2n) is 4.68. The third kappa shape index (κ3) is 2.31. The molecule has 1 N–H and O–H groups in total. The number of benzene rings is 1. The highest BCUT2D eigenvalue weighted by atomic mass is 32.1. The lowest BCUT2D eigenvalue weighted by Gasteiger charge is -2.02. The molecule has 3 rings (SSSR count). The van der Waals surface area contributed by atoms with E-state index in [4.69, 9.17) is 0 Å². The number of fused-ring (bicyclic) bond motifs is 1. The molecule has 0 aliphatic rings. The predicted molar refractivity (Wildman–Crippen MR) is 80.7 cm³/mol. The molecule has 1 aromatic carbocycles. The van der Waals surface area contributed by atoms with Gasteiger partial charge in [0.05, 0.1) is 13.2 Å². The first-order chi connectivity index (χ1) is 9.31. The van der Waals surface area contributed by atoms with Crippen molar-refractivity contribution in [2.24, 2.45) is 0 Å². The van der Waals surface area contributed by atoms with Crippen molar-refractivity contribution in [1.82, 2.24) is 4.57 Å². The number of hydrogen-bond donors (Lipinski definition) is 1. The van der Waals surface area contributed by atoms with Crippen molar-refractivity contribution in [1.29, 1.82) is 0 Å². The summed E-state index contributed by atoms with van der Waals surface area (Å²) >= 11 is 1.87. The Morgan fingerprint density at radius 2 is 1.89 bits per heavy atom. The summed E-state index contributed by atoms with van der Waals surface area (Å²) in [5.74, 6) is 0. The van der Waals surface area contributed by atoms with Crippen molar-refractivity contribution in [3.63, 3.8) is 0 Å². The van der Waals surface area contributed by atoms with Gasteiger partial charge in [-0.2, -0.15) is 0 Å². The van der Waals surface area contributed by atoms with E-state index in [2.05, 4.69) is 42.0 Å². The van der Waals surface area contributed by atoms with Crippen LogP contribution in [0, 0.1) is 0 Å². The molecule has 0 saturated heterocycles. The van der Waals surface area contributed by atoms with Crippen molar-refractivity contribution in [2.75, 3.05) is 0 Å². The number of para-hydroxylation sites is 1. The Hall–Kier alpha value is -1.58. The molecule has 0 fully saturated rings. The lowest BCUT2D eigenvalue weighted by atomic mass is 10.2. The van der Waals surface area contributed by atoms with Crippen molar-refractivity contribution >= 4 is 22.2 Å². The molecule has 0 aliphatic heterocycles.